The first-order valence-electron chi connectivity index (χ1n) is 8.27. The molecule has 0 fully saturated rings. The van der Waals surface area contributed by atoms with Gasteiger partial charge in [0.15, 0.2) is 0 Å². The monoisotopic (exact) mass is 321 g/mol. The topological polar surface area (TPSA) is 46.4 Å². The second kappa shape index (κ2) is 6.11. The molecule has 0 atom stereocenters. The summed E-state index contributed by atoms with van der Waals surface area (Å²) >= 11 is 0. The molecule has 0 bridgehead atoms. The van der Waals surface area contributed by atoms with Crippen LogP contribution < -0.4 is 5.32 Å². The predicted octanol–water partition coefficient (Wildman–Crippen LogP) is 4.38. The van der Waals surface area contributed by atoms with E-state index in [1.165, 1.54) is 5.56 Å². The van der Waals surface area contributed by atoms with Crippen molar-refractivity contribution < 1.29 is 4.79 Å². The van der Waals surface area contributed by atoms with Crippen molar-refractivity contribution in [2.24, 2.45) is 0 Å². The Morgan fingerprint density at radius 2 is 1.75 bits per heavy atom. The average molecular weight is 321 g/mol. The second-order valence-electron chi connectivity index (χ2n) is 6.42. The highest BCUT2D eigenvalue weighted by molar-refractivity contribution is 6.05. The summed E-state index contributed by atoms with van der Waals surface area (Å²) < 4.78 is 1.89. The van der Waals surface area contributed by atoms with Gasteiger partial charge >= 0.3 is 0 Å². The Morgan fingerprint density at radius 1 is 1.08 bits per heavy atom. The molecule has 2 aromatic heterocycles. The number of aryl methyl sites for hydroxylation is 5. The molecule has 4 heteroatoms. The molecule has 24 heavy (non-hydrogen) atoms. The summed E-state index contributed by atoms with van der Waals surface area (Å²) in [6.45, 7) is 10.1. The second-order valence-corrected chi connectivity index (χ2v) is 6.42. The molecule has 3 rings (SSSR count). The summed E-state index contributed by atoms with van der Waals surface area (Å²) in [5, 5.41) is 3.09. The third-order valence-corrected chi connectivity index (χ3v) is 4.30. The van der Waals surface area contributed by atoms with Crippen LogP contribution in [0.15, 0.2) is 30.5 Å². The van der Waals surface area contributed by atoms with E-state index in [0.717, 1.165) is 40.1 Å². The van der Waals surface area contributed by atoms with Crippen molar-refractivity contribution in [2.45, 2.75) is 41.0 Å². The molecule has 4 nitrogen and oxygen atoms in total. The van der Waals surface area contributed by atoms with E-state index in [4.69, 9.17) is 0 Å². The van der Waals surface area contributed by atoms with Crippen LogP contribution in [0.4, 0.5) is 5.69 Å². The van der Waals surface area contributed by atoms with E-state index in [0.29, 0.717) is 5.69 Å². The van der Waals surface area contributed by atoms with Gasteiger partial charge in [0.05, 0.1) is 5.69 Å². The molecule has 0 spiro atoms. The van der Waals surface area contributed by atoms with Gasteiger partial charge in [0.2, 0.25) is 0 Å². The van der Waals surface area contributed by atoms with E-state index in [1.54, 1.807) is 0 Å². The van der Waals surface area contributed by atoms with E-state index in [-0.39, 0.29) is 5.91 Å². The van der Waals surface area contributed by atoms with Gasteiger partial charge in [-0.05, 0) is 56.9 Å². The minimum Gasteiger partial charge on any atom is -0.320 e. The summed E-state index contributed by atoms with van der Waals surface area (Å²) in [6.07, 6.45) is 2.68. The molecule has 0 saturated heterocycles. The fraction of sp³-hybridized carbons (Fsp3) is 0.300. The Bertz CT molecular complexity index is 914. The van der Waals surface area contributed by atoms with Crippen molar-refractivity contribution in [3.63, 3.8) is 0 Å². The van der Waals surface area contributed by atoms with Crippen molar-refractivity contribution in [3.05, 3.63) is 64.1 Å². The molecule has 2 heterocycles. The van der Waals surface area contributed by atoms with Gasteiger partial charge in [0, 0.05) is 11.9 Å². The zero-order valence-electron chi connectivity index (χ0n) is 14.9. The van der Waals surface area contributed by atoms with E-state index in [1.807, 2.05) is 50.4 Å². The normalized spacial score (nSPS) is 11.0. The molecule has 3 aromatic rings. The summed E-state index contributed by atoms with van der Waals surface area (Å²) in [4.78, 5) is 17.6. The van der Waals surface area contributed by atoms with Crippen molar-refractivity contribution in [3.8, 4) is 0 Å². The number of benzene rings is 1. The molecule has 0 unspecified atom stereocenters. The van der Waals surface area contributed by atoms with E-state index in [2.05, 4.69) is 29.4 Å². The fourth-order valence-electron chi connectivity index (χ4n) is 3.24. The molecule has 0 saturated carbocycles. The number of rotatable bonds is 3. The molecule has 1 N–H and O–H groups in total. The highest BCUT2D eigenvalue weighted by Crippen LogP contribution is 2.24. The Morgan fingerprint density at radius 3 is 2.38 bits per heavy atom. The minimum absolute atomic E-state index is 0.111. The standard InChI is InChI=1S/C20H23N3O/c1-6-16-19(23-11-12(2)7-8-17(23)21-16)20(24)22-18-14(4)9-13(3)10-15(18)5/h7-11H,6H2,1-5H3,(H,22,24). The van der Waals surface area contributed by atoms with Crippen molar-refractivity contribution in [1.29, 1.82) is 0 Å². The number of nitrogens with one attached hydrogen (secondary N) is 1. The Kier molecular flexibility index (Phi) is 4.14. The molecule has 1 amide bonds. The van der Waals surface area contributed by atoms with Crippen LogP contribution >= 0.6 is 0 Å². The number of aromatic nitrogens is 2. The number of carbonyl (C=O) groups excluding carboxylic acids is 1. The summed E-state index contributed by atoms with van der Waals surface area (Å²) in [5.41, 5.74) is 7.57. The maximum atomic E-state index is 13.0. The molecule has 0 aliphatic carbocycles. The van der Waals surface area contributed by atoms with Crippen LogP contribution in [0.1, 0.15) is 45.4 Å². The molecule has 0 aliphatic rings. The zero-order chi connectivity index (χ0) is 17.4. The lowest BCUT2D eigenvalue weighted by atomic mass is 10.0. The number of hydrogen-bond acceptors (Lipinski definition) is 2. The first kappa shape index (κ1) is 16.2. The van der Waals surface area contributed by atoms with Crippen molar-refractivity contribution in [2.75, 3.05) is 5.32 Å². The van der Waals surface area contributed by atoms with Crippen LogP contribution in [0.3, 0.4) is 0 Å². The minimum atomic E-state index is -0.111. The van der Waals surface area contributed by atoms with E-state index in [9.17, 15) is 4.79 Å². The number of anilines is 1. The summed E-state index contributed by atoms with van der Waals surface area (Å²) in [7, 11) is 0. The fourth-order valence-corrected chi connectivity index (χ4v) is 3.24. The maximum Gasteiger partial charge on any atom is 0.274 e. The van der Waals surface area contributed by atoms with Crippen LogP contribution in [0.2, 0.25) is 0 Å². The number of amides is 1. The van der Waals surface area contributed by atoms with Crippen molar-refractivity contribution >= 4 is 17.2 Å². The molecule has 1 aromatic carbocycles. The van der Waals surface area contributed by atoms with Crippen LogP contribution in [0, 0.1) is 27.7 Å². The van der Waals surface area contributed by atoms with Gasteiger partial charge < -0.3 is 5.32 Å². The van der Waals surface area contributed by atoms with E-state index < -0.39 is 0 Å². The van der Waals surface area contributed by atoms with Gasteiger partial charge in [-0.15, -0.1) is 0 Å². The third-order valence-electron chi connectivity index (χ3n) is 4.30. The van der Waals surface area contributed by atoms with Crippen molar-refractivity contribution in [1.82, 2.24) is 9.38 Å². The highest BCUT2D eigenvalue weighted by Gasteiger charge is 2.19. The largest absolute Gasteiger partial charge is 0.320 e. The number of hydrogen-bond donors (Lipinski definition) is 1. The van der Waals surface area contributed by atoms with E-state index >= 15 is 0 Å². The van der Waals surface area contributed by atoms with Crippen LogP contribution in [0.25, 0.3) is 5.65 Å². The number of nitrogens with zero attached hydrogens (tertiary/aromatic N) is 2. The zero-order valence-corrected chi connectivity index (χ0v) is 14.9. The SMILES string of the molecule is CCc1nc2ccc(C)cn2c1C(=O)Nc1c(C)cc(C)cc1C. The molecular weight excluding hydrogens is 298 g/mol. The molecular formula is C20H23N3O. The van der Waals surface area contributed by atoms with Crippen LogP contribution in [0.5, 0.6) is 0 Å². The Hall–Kier alpha value is -2.62. The van der Waals surface area contributed by atoms with Gasteiger partial charge in [-0.1, -0.05) is 30.7 Å². The van der Waals surface area contributed by atoms with Gasteiger partial charge in [-0.25, -0.2) is 4.98 Å². The number of carbonyl (C=O) groups is 1. The van der Waals surface area contributed by atoms with Gasteiger partial charge in [0.1, 0.15) is 11.3 Å². The Balaban J connectivity index is 2.08. The number of imidazole rings is 1. The van der Waals surface area contributed by atoms with Gasteiger partial charge in [-0.3, -0.25) is 9.20 Å². The lowest BCUT2D eigenvalue weighted by molar-refractivity contribution is 0.102. The van der Waals surface area contributed by atoms with Gasteiger partial charge in [0.25, 0.3) is 5.91 Å². The average Bonchev–Trinajstić information content (AvgIpc) is 2.88. The lowest BCUT2D eigenvalue weighted by Crippen LogP contribution is -2.18. The Labute approximate surface area is 142 Å². The summed E-state index contributed by atoms with van der Waals surface area (Å²) in [5.74, 6) is -0.111. The number of fused-ring (bicyclic) bond motifs is 1. The smallest absolute Gasteiger partial charge is 0.274 e. The quantitative estimate of drug-likeness (QED) is 0.778. The van der Waals surface area contributed by atoms with Crippen LogP contribution in [-0.4, -0.2) is 15.3 Å². The number of pyridine rings is 1. The van der Waals surface area contributed by atoms with Gasteiger partial charge in [-0.2, -0.15) is 0 Å². The first-order valence-corrected chi connectivity index (χ1v) is 8.27. The highest BCUT2D eigenvalue weighted by atomic mass is 16.2. The third kappa shape index (κ3) is 2.80. The molecule has 124 valence electrons. The van der Waals surface area contributed by atoms with Crippen LogP contribution in [-0.2, 0) is 6.42 Å². The molecule has 0 aliphatic heterocycles. The molecule has 0 radical (unpaired) electrons. The summed E-state index contributed by atoms with van der Waals surface area (Å²) in [6, 6.07) is 8.13. The lowest BCUT2D eigenvalue weighted by Gasteiger charge is -2.13. The first-order chi connectivity index (χ1) is 11.4. The maximum absolute atomic E-state index is 13.0. The predicted molar refractivity (Wildman–Crippen MR) is 97.9 cm³/mol.